The number of benzene rings is 2. The van der Waals surface area contributed by atoms with Crippen LogP contribution in [0.15, 0.2) is 59.5 Å². The number of urea groups is 1. The summed E-state index contributed by atoms with van der Waals surface area (Å²) >= 11 is 0. The average Bonchev–Trinajstić information content (AvgIpc) is 2.93. The summed E-state index contributed by atoms with van der Waals surface area (Å²) in [5.74, 6) is -0.868. The molecule has 12 heteroatoms. The Bertz CT molecular complexity index is 1510. The third-order valence-corrected chi connectivity index (χ3v) is 9.51. The van der Waals surface area contributed by atoms with E-state index in [4.69, 9.17) is 4.74 Å². The molecule has 3 aromatic rings. The number of likely N-dealkylation sites (tertiary alicyclic amines) is 1. The molecule has 0 saturated carbocycles. The second kappa shape index (κ2) is 11.0. The second-order valence-electron chi connectivity index (χ2n) is 10.6. The van der Waals surface area contributed by atoms with Crippen LogP contribution >= 0.6 is 0 Å². The number of fused-ring (bicyclic) bond motifs is 1. The first-order valence-electron chi connectivity index (χ1n) is 13.1. The monoisotopic (exact) mass is 567 g/mol. The molecule has 2 N–H and O–H groups in total. The number of piperazine rings is 1. The van der Waals surface area contributed by atoms with Gasteiger partial charge in [-0.05, 0) is 50.4 Å². The van der Waals surface area contributed by atoms with E-state index in [9.17, 15) is 23.2 Å². The third kappa shape index (κ3) is 5.60. The van der Waals surface area contributed by atoms with Gasteiger partial charge in [-0.1, -0.05) is 18.2 Å². The van der Waals surface area contributed by atoms with Gasteiger partial charge in [-0.15, -0.1) is 0 Å². The summed E-state index contributed by atoms with van der Waals surface area (Å²) in [6.45, 7) is 4.64. The van der Waals surface area contributed by atoms with Crippen LogP contribution in [0.1, 0.15) is 11.3 Å². The Balaban J connectivity index is 1.25. The van der Waals surface area contributed by atoms with Gasteiger partial charge in [-0.25, -0.2) is 18.7 Å². The molecule has 2 fully saturated rings. The summed E-state index contributed by atoms with van der Waals surface area (Å²) in [7, 11) is -1.95. The molecule has 0 unspecified atom stereocenters. The number of hydroxylamine groups is 1. The van der Waals surface area contributed by atoms with Gasteiger partial charge in [0.1, 0.15) is 17.8 Å². The maximum Gasteiger partial charge on any atom is 0.320 e. The van der Waals surface area contributed by atoms with E-state index in [-0.39, 0.29) is 30.6 Å². The lowest BCUT2D eigenvalue weighted by molar-refractivity contribution is -0.146. The zero-order chi connectivity index (χ0) is 28.5. The molecule has 1 aromatic heterocycles. The minimum atomic E-state index is -3.93. The number of pyridine rings is 1. The summed E-state index contributed by atoms with van der Waals surface area (Å²) in [5, 5.41) is 10.3. The zero-order valence-electron chi connectivity index (χ0n) is 22.5. The number of amides is 3. The summed E-state index contributed by atoms with van der Waals surface area (Å²) in [6, 6.07) is 15.6. The Morgan fingerprint density at radius 1 is 1.02 bits per heavy atom. The van der Waals surface area contributed by atoms with Gasteiger partial charge >= 0.3 is 6.03 Å². The number of nitrogens with zero attached hydrogens (tertiary/aromatic N) is 4. The summed E-state index contributed by atoms with van der Waals surface area (Å²) in [6.07, 6.45) is 0. The molecule has 0 radical (unpaired) electrons. The highest BCUT2D eigenvalue weighted by molar-refractivity contribution is 7.91. The predicted molar refractivity (Wildman–Crippen MR) is 148 cm³/mol. The normalized spacial score (nSPS) is 17.4. The molecule has 40 heavy (non-hydrogen) atoms. The number of carbonyl (C=O) groups excluding carboxylic acids is 2. The fraction of sp³-hybridized carbons (Fsp3) is 0.393. The number of aromatic nitrogens is 1. The van der Waals surface area contributed by atoms with Crippen molar-refractivity contribution in [1.29, 1.82) is 0 Å². The molecule has 2 aliphatic heterocycles. The smallest absolute Gasteiger partial charge is 0.320 e. The van der Waals surface area contributed by atoms with Gasteiger partial charge in [-0.3, -0.25) is 15.0 Å². The first-order valence-corrected chi connectivity index (χ1v) is 14.7. The van der Waals surface area contributed by atoms with Crippen LogP contribution in [0.25, 0.3) is 10.9 Å². The molecule has 2 aromatic carbocycles. The average molecular weight is 568 g/mol. The molecule has 0 atom stereocenters. The SMILES string of the molecule is Cc1cc(COc2ccc(S(=O)(=O)CC3(C(=O)NO)CN(C(=O)N4CCN(C)CC4)C3)cc2)c2ccccc2n1. The number of sulfone groups is 1. The molecule has 0 aliphatic carbocycles. The van der Waals surface area contributed by atoms with Crippen LogP contribution in [0.3, 0.4) is 0 Å². The Kier molecular flexibility index (Phi) is 7.67. The van der Waals surface area contributed by atoms with E-state index >= 15 is 0 Å². The van der Waals surface area contributed by atoms with Crippen molar-refractivity contribution >= 4 is 32.7 Å². The van der Waals surface area contributed by atoms with Gasteiger partial charge in [0.25, 0.3) is 5.91 Å². The first-order chi connectivity index (χ1) is 19.1. The van der Waals surface area contributed by atoms with Crippen molar-refractivity contribution in [2.75, 3.05) is 52.1 Å². The molecule has 2 aliphatic rings. The highest BCUT2D eigenvalue weighted by Gasteiger charge is 2.54. The first kappa shape index (κ1) is 27.8. The second-order valence-corrected chi connectivity index (χ2v) is 12.6. The van der Waals surface area contributed by atoms with Crippen LogP contribution < -0.4 is 10.2 Å². The van der Waals surface area contributed by atoms with Gasteiger partial charge in [0, 0.05) is 55.9 Å². The molecular formula is C28H33N5O6S. The van der Waals surface area contributed by atoms with Gasteiger partial charge < -0.3 is 19.4 Å². The molecule has 0 bridgehead atoms. The molecule has 2 saturated heterocycles. The quantitative estimate of drug-likeness (QED) is 0.328. The van der Waals surface area contributed by atoms with E-state index in [1.54, 1.807) is 22.5 Å². The van der Waals surface area contributed by atoms with E-state index in [2.05, 4.69) is 9.88 Å². The predicted octanol–water partition coefficient (Wildman–Crippen LogP) is 2.07. The van der Waals surface area contributed by atoms with Gasteiger partial charge in [0.05, 0.1) is 16.2 Å². The van der Waals surface area contributed by atoms with Crippen LogP contribution in [0.5, 0.6) is 5.75 Å². The molecule has 5 rings (SSSR count). The standard InChI is InChI=1S/C28H33N5O6S/c1-20-15-21(24-5-3-4-6-25(24)29-20)16-39-22-7-9-23(10-8-22)40(37,38)19-28(26(34)30-36)17-33(18-28)27(35)32-13-11-31(2)12-14-32/h3-10,15,36H,11-14,16-19H2,1-2H3,(H,30,34). The lowest BCUT2D eigenvalue weighted by atomic mass is 9.81. The molecule has 11 nitrogen and oxygen atoms in total. The Labute approximate surface area is 233 Å². The Hall–Kier alpha value is -3.74. The maximum atomic E-state index is 13.3. The number of rotatable bonds is 7. The number of hydrogen-bond donors (Lipinski definition) is 2. The fourth-order valence-electron chi connectivity index (χ4n) is 5.30. The maximum absolute atomic E-state index is 13.3. The van der Waals surface area contributed by atoms with Crippen molar-refractivity contribution in [3.63, 3.8) is 0 Å². The van der Waals surface area contributed by atoms with Gasteiger partial charge in [0.15, 0.2) is 9.84 Å². The van der Waals surface area contributed by atoms with E-state index in [1.807, 2.05) is 44.3 Å². The number of nitrogens with one attached hydrogen (secondary N) is 1. The summed E-state index contributed by atoms with van der Waals surface area (Å²) < 4.78 is 32.6. The van der Waals surface area contributed by atoms with E-state index < -0.39 is 26.9 Å². The number of ether oxygens (including phenoxy) is 1. The molecular weight excluding hydrogens is 534 g/mol. The molecule has 212 valence electrons. The fourth-order valence-corrected chi connectivity index (χ4v) is 7.06. The molecule has 3 amide bonds. The van der Waals surface area contributed by atoms with Crippen molar-refractivity contribution in [2.24, 2.45) is 5.41 Å². The number of hydrogen-bond acceptors (Lipinski definition) is 8. The third-order valence-electron chi connectivity index (χ3n) is 7.59. The zero-order valence-corrected chi connectivity index (χ0v) is 23.4. The largest absolute Gasteiger partial charge is 0.489 e. The molecule has 3 heterocycles. The van der Waals surface area contributed by atoms with E-state index in [0.717, 1.165) is 35.2 Å². The number of aryl methyl sites for hydroxylation is 1. The highest BCUT2D eigenvalue weighted by atomic mass is 32.2. The minimum Gasteiger partial charge on any atom is -0.489 e. The minimum absolute atomic E-state index is 0.0269. The Morgan fingerprint density at radius 3 is 2.38 bits per heavy atom. The van der Waals surface area contributed by atoms with Crippen LogP contribution in [0.2, 0.25) is 0 Å². The van der Waals surface area contributed by atoms with Gasteiger partial charge in [-0.2, -0.15) is 0 Å². The summed E-state index contributed by atoms with van der Waals surface area (Å²) in [5.41, 5.74) is 2.88. The van der Waals surface area contributed by atoms with Crippen molar-refractivity contribution in [1.82, 2.24) is 25.2 Å². The molecule has 0 spiro atoms. The van der Waals surface area contributed by atoms with E-state index in [1.165, 1.54) is 17.0 Å². The van der Waals surface area contributed by atoms with Crippen LogP contribution in [0, 0.1) is 12.3 Å². The lowest BCUT2D eigenvalue weighted by Gasteiger charge is -2.49. The lowest BCUT2D eigenvalue weighted by Crippen LogP contribution is -2.69. The number of carbonyl (C=O) groups is 2. The van der Waals surface area contributed by atoms with Crippen LogP contribution in [0.4, 0.5) is 4.79 Å². The summed E-state index contributed by atoms with van der Waals surface area (Å²) in [4.78, 5) is 35.3. The van der Waals surface area contributed by atoms with Gasteiger partial charge in [0.2, 0.25) is 0 Å². The highest BCUT2D eigenvalue weighted by Crippen LogP contribution is 2.35. The van der Waals surface area contributed by atoms with Crippen LogP contribution in [-0.4, -0.2) is 97.3 Å². The number of likely N-dealkylation sites (N-methyl/N-ethyl adjacent to an activating group) is 1. The number of para-hydroxylation sites is 1. The Morgan fingerprint density at radius 2 is 1.70 bits per heavy atom. The van der Waals surface area contributed by atoms with Crippen molar-refractivity contribution in [3.05, 3.63) is 65.9 Å². The van der Waals surface area contributed by atoms with Crippen molar-refractivity contribution < 1.29 is 28.0 Å². The van der Waals surface area contributed by atoms with E-state index in [0.29, 0.717) is 18.8 Å². The van der Waals surface area contributed by atoms with Crippen LogP contribution in [-0.2, 0) is 21.2 Å². The van der Waals surface area contributed by atoms with Crippen molar-refractivity contribution in [3.8, 4) is 5.75 Å². The topological polar surface area (TPSA) is 132 Å². The van der Waals surface area contributed by atoms with Crippen molar-refractivity contribution in [2.45, 2.75) is 18.4 Å².